The highest BCUT2D eigenvalue weighted by atomic mass is 16.2. The van der Waals surface area contributed by atoms with Gasteiger partial charge < -0.3 is 11.1 Å². The Labute approximate surface area is 112 Å². The van der Waals surface area contributed by atoms with Crippen molar-refractivity contribution >= 4 is 5.91 Å². The molecule has 4 nitrogen and oxygen atoms in total. The first-order valence-corrected chi connectivity index (χ1v) is 6.19. The van der Waals surface area contributed by atoms with E-state index in [1.165, 1.54) is 0 Å². The summed E-state index contributed by atoms with van der Waals surface area (Å²) in [4.78, 5) is 16.0. The molecule has 98 valence electrons. The summed E-state index contributed by atoms with van der Waals surface area (Å²) in [5, 5.41) is 2.90. The number of nitrogens with zero attached hydrogens (tertiary/aromatic N) is 1. The third-order valence-corrected chi connectivity index (χ3v) is 3.01. The third kappa shape index (κ3) is 3.39. The molecule has 1 unspecified atom stereocenters. The molecule has 0 aliphatic carbocycles. The lowest BCUT2D eigenvalue weighted by Gasteiger charge is -2.18. The maximum Gasteiger partial charge on any atom is 0.241 e. The van der Waals surface area contributed by atoms with Gasteiger partial charge in [-0.1, -0.05) is 30.3 Å². The van der Waals surface area contributed by atoms with Crippen molar-refractivity contribution in [3.8, 4) is 0 Å². The lowest BCUT2D eigenvalue weighted by molar-refractivity contribution is -0.123. The van der Waals surface area contributed by atoms with E-state index in [1.54, 1.807) is 12.4 Å². The third-order valence-electron chi connectivity index (χ3n) is 3.01. The van der Waals surface area contributed by atoms with Crippen LogP contribution in [0.4, 0.5) is 0 Å². The van der Waals surface area contributed by atoms with Crippen molar-refractivity contribution in [3.63, 3.8) is 0 Å². The van der Waals surface area contributed by atoms with E-state index in [0.717, 1.165) is 11.1 Å². The van der Waals surface area contributed by atoms with E-state index >= 15 is 0 Å². The molecule has 2 atom stereocenters. The minimum absolute atomic E-state index is 0.0923. The Morgan fingerprint density at radius 2 is 1.74 bits per heavy atom. The van der Waals surface area contributed by atoms with Gasteiger partial charge in [-0.3, -0.25) is 9.78 Å². The second-order valence-corrected chi connectivity index (χ2v) is 4.40. The van der Waals surface area contributed by atoms with Gasteiger partial charge in [0.25, 0.3) is 0 Å². The molecule has 3 N–H and O–H groups in total. The molecule has 0 saturated heterocycles. The van der Waals surface area contributed by atoms with Crippen molar-refractivity contribution < 1.29 is 4.79 Å². The van der Waals surface area contributed by atoms with Crippen LogP contribution >= 0.6 is 0 Å². The first kappa shape index (κ1) is 13.2. The predicted molar refractivity (Wildman–Crippen MR) is 74.2 cm³/mol. The lowest BCUT2D eigenvalue weighted by Crippen LogP contribution is -2.35. The number of pyridine rings is 1. The summed E-state index contributed by atoms with van der Waals surface area (Å²) in [5.74, 6) is -0.185. The van der Waals surface area contributed by atoms with Crippen molar-refractivity contribution in [2.24, 2.45) is 5.73 Å². The van der Waals surface area contributed by atoms with Crippen LogP contribution in [-0.4, -0.2) is 10.9 Å². The van der Waals surface area contributed by atoms with Gasteiger partial charge in [-0.2, -0.15) is 0 Å². The summed E-state index contributed by atoms with van der Waals surface area (Å²) in [5.41, 5.74) is 7.75. The Morgan fingerprint density at radius 3 is 2.37 bits per heavy atom. The molecule has 0 aliphatic heterocycles. The average Bonchev–Trinajstić information content (AvgIpc) is 2.48. The average molecular weight is 255 g/mol. The minimum Gasteiger partial charge on any atom is -0.348 e. The first-order chi connectivity index (χ1) is 9.18. The van der Waals surface area contributed by atoms with Crippen LogP contribution in [0.3, 0.4) is 0 Å². The lowest BCUT2D eigenvalue weighted by atomic mass is 10.1. The molecule has 2 rings (SSSR count). The van der Waals surface area contributed by atoms with Gasteiger partial charge in [-0.15, -0.1) is 0 Å². The highest BCUT2D eigenvalue weighted by Crippen LogP contribution is 2.14. The smallest absolute Gasteiger partial charge is 0.241 e. The van der Waals surface area contributed by atoms with Gasteiger partial charge in [0.05, 0.1) is 6.04 Å². The number of hydrogen-bond acceptors (Lipinski definition) is 3. The van der Waals surface area contributed by atoms with Gasteiger partial charge in [0.1, 0.15) is 6.04 Å². The molecule has 1 aromatic carbocycles. The molecule has 4 heteroatoms. The molecular weight excluding hydrogens is 238 g/mol. The standard InChI is InChI=1S/C15H17N3O/c1-11(12-7-9-17-10-8-12)18-15(19)14(16)13-5-3-2-4-6-13/h2-11,14H,16H2,1H3,(H,18,19)/t11-,14?/m0/s1. The zero-order chi connectivity index (χ0) is 13.7. The topological polar surface area (TPSA) is 68.0 Å². The number of amides is 1. The highest BCUT2D eigenvalue weighted by Gasteiger charge is 2.17. The van der Waals surface area contributed by atoms with E-state index in [9.17, 15) is 4.79 Å². The first-order valence-electron chi connectivity index (χ1n) is 6.19. The Kier molecular flexibility index (Phi) is 4.26. The van der Waals surface area contributed by atoms with E-state index in [4.69, 9.17) is 5.73 Å². The number of benzene rings is 1. The number of nitrogens with one attached hydrogen (secondary N) is 1. The normalized spacial score (nSPS) is 13.6. The van der Waals surface area contributed by atoms with Gasteiger partial charge in [-0.25, -0.2) is 0 Å². The fraction of sp³-hybridized carbons (Fsp3) is 0.200. The summed E-state index contributed by atoms with van der Waals surface area (Å²) >= 11 is 0. The van der Waals surface area contributed by atoms with Gasteiger partial charge in [0, 0.05) is 12.4 Å². The molecule has 1 heterocycles. The van der Waals surface area contributed by atoms with Crippen molar-refractivity contribution in [2.75, 3.05) is 0 Å². The molecule has 2 aromatic rings. The number of carbonyl (C=O) groups excluding carboxylic acids is 1. The fourth-order valence-electron chi connectivity index (χ4n) is 1.85. The van der Waals surface area contributed by atoms with Crippen LogP contribution in [0.15, 0.2) is 54.9 Å². The molecule has 0 saturated carbocycles. The predicted octanol–water partition coefficient (Wildman–Crippen LogP) is 1.96. The summed E-state index contributed by atoms with van der Waals surface area (Å²) in [6.45, 7) is 1.92. The van der Waals surface area contributed by atoms with Crippen molar-refractivity contribution in [2.45, 2.75) is 19.0 Å². The van der Waals surface area contributed by atoms with E-state index in [-0.39, 0.29) is 11.9 Å². The Hall–Kier alpha value is -2.20. The second kappa shape index (κ2) is 6.11. The SMILES string of the molecule is C[C@H](NC(=O)C(N)c1ccccc1)c1ccncc1. The number of aromatic nitrogens is 1. The quantitative estimate of drug-likeness (QED) is 0.877. The molecule has 0 radical (unpaired) electrons. The maximum atomic E-state index is 12.1. The molecule has 0 aliphatic rings. The van der Waals surface area contributed by atoms with Crippen LogP contribution in [0.5, 0.6) is 0 Å². The monoisotopic (exact) mass is 255 g/mol. The molecule has 19 heavy (non-hydrogen) atoms. The van der Waals surface area contributed by atoms with Crippen LogP contribution in [0.25, 0.3) is 0 Å². The Morgan fingerprint density at radius 1 is 1.11 bits per heavy atom. The van der Waals surface area contributed by atoms with Crippen LogP contribution in [0, 0.1) is 0 Å². The van der Waals surface area contributed by atoms with Crippen molar-refractivity contribution in [1.82, 2.24) is 10.3 Å². The Bertz CT molecular complexity index is 528. The van der Waals surface area contributed by atoms with Crippen LogP contribution in [0.2, 0.25) is 0 Å². The zero-order valence-corrected chi connectivity index (χ0v) is 10.8. The molecule has 1 amide bonds. The molecule has 0 bridgehead atoms. The number of carbonyl (C=O) groups is 1. The highest BCUT2D eigenvalue weighted by molar-refractivity contribution is 5.83. The Balaban J connectivity index is 2.02. The number of nitrogens with two attached hydrogens (primary N) is 1. The van der Waals surface area contributed by atoms with Crippen LogP contribution in [0.1, 0.15) is 30.1 Å². The number of hydrogen-bond donors (Lipinski definition) is 2. The van der Waals surface area contributed by atoms with Gasteiger partial charge in [0.15, 0.2) is 0 Å². The fourth-order valence-corrected chi connectivity index (χ4v) is 1.85. The molecule has 0 fully saturated rings. The van der Waals surface area contributed by atoms with Gasteiger partial charge in [-0.05, 0) is 30.2 Å². The van der Waals surface area contributed by atoms with Crippen LogP contribution in [-0.2, 0) is 4.79 Å². The van der Waals surface area contributed by atoms with Crippen molar-refractivity contribution in [1.29, 1.82) is 0 Å². The van der Waals surface area contributed by atoms with E-state index in [0.29, 0.717) is 0 Å². The minimum atomic E-state index is -0.648. The van der Waals surface area contributed by atoms with Crippen molar-refractivity contribution in [3.05, 3.63) is 66.0 Å². The van der Waals surface area contributed by atoms with E-state index in [2.05, 4.69) is 10.3 Å². The van der Waals surface area contributed by atoms with Gasteiger partial charge in [0.2, 0.25) is 5.91 Å². The molecular formula is C15H17N3O. The molecule has 0 spiro atoms. The van der Waals surface area contributed by atoms with E-state index < -0.39 is 6.04 Å². The summed E-state index contributed by atoms with van der Waals surface area (Å²) in [6, 6.07) is 12.3. The van der Waals surface area contributed by atoms with E-state index in [1.807, 2.05) is 49.4 Å². The summed E-state index contributed by atoms with van der Waals surface area (Å²) in [6.07, 6.45) is 3.41. The number of rotatable bonds is 4. The van der Waals surface area contributed by atoms with Crippen LogP contribution < -0.4 is 11.1 Å². The largest absolute Gasteiger partial charge is 0.348 e. The molecule has 1 aromatic heterocycles. The maximum absolute atomic E-state index is 12.1. The second-order valence-electron chi connectivity index (χ2n) is 4.40. The van der Waals surface area contributed by atoms with Gasteiger partial charge >= 0.3 is 0 Å². The summed E-state index contributed by atoms with van der Waals surface area (Å²) in [7, 11) is 0. The zero-order valence-electron chi connectivity index (χ0n) is 10.8. The summed E-state index contributed by atoms with van der Waals surface area (Å²) < 4.78 is 0.